The maximum absolute atomic E-state index is 12.0. The Labute approximate surface area is 124 Å². The van der Waals surface area contributed by atoms with Crippen LogP contribution in [-0.4, -0.2) is 35.0 Å². The molecule has 0 aliphatic rings. The molecule has 0 aromatic heterocycles. The number of benzene rings is 1. The summed E-state index contributed by atoms with van der Waals surface area (Å²) in [4.78, 5) is 23.0. The Kier molecular flexibility index (Phi) is 6.17. The van der Waals surface area contributed by atoms with Crippen molar-refractivity contribution in [2.75, 3.05) is 17.7 Å². The van der Waals surface area contributed by atoms with Crippen LogP contribution in [-0.2, 0) is 4.79 Å². The van der Waals surface area contributed by atoms with Crippen molar-refractivity contribution in [2.24, 2.45) is 0 Å². The smallest absolute Gasteiger partial charge is 0.326 e. The van der Waals surface area contributed by atoms with Gasteiger partial charge in [0, 0.05) is 15.7 Å². The highest BCUT2D eigenvalue weighted by Crippen LogP contribution is 2.17. The number of hydrogen-bond acceptors (Lipinski definition) is 4. The zero-order valence-corrected chi connectivity index (χ0v) is 12.8. The molecule has 0 bridgehead atoms. The number of carbonyl (C=O) groups is 2. The average molecular weight is 347 g/mol. The Bertz CT molecular complexity index is 462. The van der Waals surface area contributed by atoms with Crippen molar-refractivity contribution in [3.63, 3.8) is 0 Å². The summed E-state index contributed by atoms with van der Waals surface area (Å²) in [6.07, 6.45) is 2.27. The van der Waals surface area contributed by atoms with E-state index in [2.05, 4.69) is 21.2 Å². The molecule has 0 saturated carbocycles. The minimum Gasteiger partial charge on any atom is -0.480 e. The molecule has 0 aliphatic heterocycles. The number of halogens is 1. The van der Waals surface area contributed by atoms with Gasteiger partial charge in [-0.25, -0.2) is 4.79 Å². The molecule has 4 N–H and O–H groups in total. The molecular weight excluding hydrogens is 332 g/mol. The average Bonchev–Trinajstić information content (AvgIpc) is 2.32. The normalized spacial score (nSPS) is 11.9. The third-order valence-electron chi connectivity index (χ3n) is 2.40. The minimum atomic E-state index is -1.04. The molecule has 1 aromatic rings. The zero-order valence-electron chi connectivity index (χ0n) is 10.4. The Balaban J connectivity index is 2.78. The molecule has 1 atom stereocenters. The Morgan fingerprint density at radius 2 is 2.16 bits per heavy atom. The van der Waals surface area contributed by atoms with Crippen LogP contribution < -0.4 is 11.1 Å². The van der Waals surface area contributed by atoms with Crippen LogP contribution in [0.2, 0.25) is 0 Å². The summed E-state index contributed by atoms with van der Waals surface area (Å²) in [6.45, 7) is 0. The largest absolute Gasteiger partial charge is 0.480 e. The molecule has 7 heteroatoms. The van der Waals surface area contributed by atoms with Gasteiger partial charge >= 0.3 is 5.97 Å². The van der Waals surface area contributed by atoms with E-state index in [-0.39, 0.29) is 0 Å². The van der Waals surface area contributed by atoms with Gasteiger partial charge in [0.2, 0.25) is 0 Å². The molecule has 0 spiro atoms. The van der Waals surface area contributed by atoms with Gasteiger partial charge in [-0.1, -0.05) is 15.9 Å². The first kappa shape index (κ1) is 15.8. The standard InChI is InChI=1S/C12H15BrN2O3S/c1-19-3-2-10(12(17)18)15-11(16)7-4-8(13)6-9(14)5-7/h4-6,10H,2-3,14H2,1H3,(H,15,16)(H,17,18). The molecule has 0 heterocycles. The predicted octanol–water partition coefficient (Wildman–Crippen LogP) is 1.97. The molecule has 1 aromatic carbocycles. The summed E-state index contributed by atoms with van der Waals surface area (Å²) in [7, 11) is 0. The number of anilines is 1. The third-order valence-corrected chi connectivity index (χ3v) is 3.50. The fourth-order valence-corrected chi connectivity index (χ4v) is 2.46. The van der Waals surface area contributed by atoms with Gasteiger partial charge in [0.25, 0.3) is 5.91 Å². The van der Waals surface area contributed by atoms with Gasteiger partial charge in [0.05, 0.1) is 0 Å². The lowest BCUT2D eigenvalue weighted by Crippen LogP contribution is -2.41. The second kappa shape index (κ2) is 7.40. The number of carboxylic acid groups (broad SMARTS) is 1. The number of rotatable bonds is 6. The second-order valence-electron chi connectivity index (χ2n) is 3.92. The van der Waals surface area contributed by atoms with E-state index in [0.29, 0.717) is 27.9 Å². The Morgan fingerprint density at radius 1 is 1.47 bits per heavy atom. The summed E-state index contributed by atoms with van der Waals surface area (Å²) in [5, 5.41) is 11.5. The number of thioether (sulfide) groups is 1. The highest BCUT2D eigenvalue weighted by atomic mass is 79.9. The lowest BCUT2D eigenvalue weighted by molar-refractivity contribution is -0.139. The van der Waals surface area contributed by atoms with E-state index in [4.69, 9.17) is 10.8 Å². The molecule has 0 radical (unpaired) electrons. The van der Waals surface area contributed by atoms with Crippen LogP contribution in [0.15, 0.2) is 22.7 Å². The number of carbonyl (C=O) groups excluding carboxylic acids is 1. The minimum absolute atomic E-state index is 0.335. The van der Waals surface area contributed by atoms with Crippen molar-refractivity contribution in [2.45, 2.75) is 12.5 Å². The van der Waals surface area contributed by atoms with E-state index in [1.54, 1.807) is 12.1 Å². The Morgan fingerprint density at radius 3 is 2.68 bits per heavy atom. The van der Waals surface area contributed by atoms with Gasteiger partial charge in [-0.05, 0) is 36.6 Å². The van der Waals surface area contributed by atoms with Gasteiger partial charge < -0.3 is 16.2 Å². The van der Waals surface area contributed by atoms with E-state index in [1.807, 2.05) is 6.26 Å². The summed E-state index contributed by atoms with van der Waals surface area (Å²) in [6, 6.07) is 3.88. The number of carboxylic acids is 1. The van der Waals surface area contributed by atoms with Crippen LogP contribution in [0.4, 0.5) is 5.69 Å². The maximum Gasteiger partial charge on any atom is 0.326 e. The van der Waals surface area contributed by atoms with Gasteiger partial charge in [-0.2, -0.15) is 11.8 Å². The molecule has 1 rings (SSSR count). The van der Waals surface area contributed by atoms with E-state index < -0.39 is 17.9 Å². The molecule has 0 fully saturated rings. The first-order valence-electron chi connectivity index (χ1n) is 5.52. The van der Waals surface area contributed by atoms with Gasteiger partial charge in [0.1, 0.15) is 6.04 Å². The molecular formula is C12H15BrN2O3S. The van der Waals surface area contributed by atoms with E-state index in [1.165, 1.54) is 17.8 Å². The predicted molar refractivity (Wildman–Crippen MR) is 80.4 cm³/mol. The molecule has 0 aliphatic carbocycles. The van der Waals surface area contributed by atoms with Crippen LogP contribution in [0.1, 0.15) is 16.8 Å². The lowest BCUT2D eigenvalue weighted by atomic mass is 10.1. The number of hydrogen-bond donors (Lipinski definition) is 3. The quantitative estimate of drug-likeness (QED) is 0.684. The molecule has 0 saturated heterocycles. The number of amides is 1. The first-order chi connectivity index (χ1) is 8.93. The van der Waals surface area contributed by atoms with E-state index >= 15 is 0 Å². The highest BCUT2D eigenvalue weighted by Gasteiger charge is 2.20. The van der Waals surface area contributed by atoms with E-state index in [9.17, 15) is 9.59 Å². The molecule has 5 nitrogen and oxygen atoms in total. The van der Waals surface area contributed by atoms with Crippen molar-refractivity contribution in [1.29, 1.82) is 0 Å². The SMILES string of the molecule is CSCCC(NC(=O)c1cc(N)cc(Br)c1)C(=O)O. The van der Waals surface area contributed by atoms with Gasteiger partial charge in [-0.3, -0.25) is 4.79 Å². The summed E-state index contributed by atoms with van der Waals surface area (Å²) in [5.41, 5.74) is 6.41. The number of nitrogen functional groups attached to an aromatic ring is 1. The topological polar surface area (TPSA) is 92.4 Å². The van der Waals surface area contributed by atoms with Crippen molar-refractivity contribution in [3.05, 3.63) is 28.2 Å². The van der Waals surface area contributed by atoms with Gasteiger partial charge in [0.15, 0.2) is 0 Å². The van der Waals surface area contributed by atoms with Gasteiger partial charge in [-0.15, -0.1) is 0 Å². The monoisotopic (exact) mass is 346 g/mol. The van der Waals surface area contributed by atoms with Crippen LogP contribution >= 0.6 is 27.7 Å². The lowest BCUT2D eigenvalue weighted by Gasteiger charge is -2.14. The maximum atomic E-state index is 12.0. The fourth-order valence-electron chi connectivity index (χ4n) is 1.48. The molecule has 19 heavy (non-hydrogen) atoms. The molecule has 1 unspecified atom stereocenters. The molecule has 1 amide bonds. The van der Waals surface area contributed by atoms with Crippen molar-refractivity contribution < 1.29 is 14.7 Å². The first-order valence-corrected chi connectivity index (χ1v) is 7.71. The van der Waals surface area contributed by atoms with Crippen molar-refractivity contribution in [1.82, 2.24) is 5.32 Å². The van der Waals surface area contributed by atoms with Crippen molar-refractivity contribution >= 4 is 45.3 Å². The summed E-state index contributed by atoms with van der Waals surface area (Å²) >= 11 is 4.77. The Hall–Kier alpha value is -1.21. The zero-order chi connectivity index (χ0) is 14.4. The summed E-state index contributed by atoms with van der Waals surface area (Å²) < 4.78 is 0.675. The van der Waals surface area contributed by atoms with E-state index in [0.717, 1.165) is 0 Å². The highest BCUT2D eigenvalue weighted by molar-refractivity contribution is 9.10. The summed E-state index contributed by atoms with van der Waals surface area (Å²) in [5.74, 6) is -0.815. The van der Waals surface area contributed by atoms with Crippen LogP contribution in [0, 0.1) is 0 Å². The number of aliphatic carboxylic acids is 1. The van der Waals surface area contributed by atoms with Crippen molar-refractivity contribution in [3.8, 4) is 0 Å². The second-order valence-corrected chi connectivity index (χ2v) is 5.82. The van der Waals surface area contributed by atoms with Crippen LogP contribution in [0.3, 0.4) is 0 Å². The number of nitrogens with two attached hydrogens (primary N) is 1. The fraction of sp³-hybridized carbons (Fsp3) is 0.333. The molecule has 104 valence electrons. The number of nitrogens with one attached hydrogen (secondary N) is 1. The van der Waals surface area contributed by atoms with Crippen LogP contribution in [0.5, 0.6) is 0 Å². The third kappa shape index (κ3) is 5.12. The van der Waals surface area contributed by atoms with Crippen LogP contribution in [0.25, 0.3) is 0 Å².